The van der Waals surface area contributed by atoms with Gasteiger partial charge in [-0.25, -0.2) is 4.79 Å². The summed E-state index contributed by atoms with van der Waals surface area (Å²) in [5.41, 5.74) is 1.34. The SMILES string of the molecule is COc1ccccc1C(NC(=O)Nc1ccncc1)c1noc(C)n1. The van der Waals surface area contributed by atoms with E-state index in [1.807, 2.05) is 18.2 Å². The van der Waals surface area contributed by atoms with Gasteiger partial charge in [-0.1, -0.05) is 23.4 Å². The summed E-state index contributed by atoms with van der Waals surface area (Å²) in [6.07, 6.45) is 3.19. The van der Waals surface area contributed by atoms with E-state index in [4.69, 9.17) is 9.26 Å². The number of hydrogen-bond donors (Lipinski definition) is 2. The average Bonchev–Trinajstić information content (AvgIpc) is 3.06. The zero-order valence-corrected chi connectivity index (χ0v) is 13.8. The van der Waals surface area contributed by atoms with Crippen LogP contribution in [-0.2, 0) is 0 Å². The minimum absolute atomic E-state index is 0.340. The summed E-state index contributed by atoms with van der Waals surface area (Å²) in [4.78, 5) is 20.6. The smallest absolute Gasteiger partial charge is 0.320 e. The van der Waals surface area contributed by atoms with Gasteiger partial charge in [-0.05, 0) is 18.2 Å². The summed E-state index contributed by atoms with van der Waals surface area (Å²) in [6, 6.07) is 9.67. The lowest BCUT2D eigenvalue weighted by molar-refractivity contribution is 0.249. The Morgan fingerprint density at radius 3 is 2.64 bits per heavy atom. The van der Waals surface area contributed by atoms with Crippen LogP contribution in [0.25, 0.3) is 0 Å². The Morgan fingerprint density at radius 1 is 1.20 bits per heavy atom. The molecule has 1 aromatic carbocycles. The predicted molar refractivity (Wildman–Crippen MR) is 90.3 cm³/mol. The molecule has 1 atom stereocenters. The van der Waals surface area contributed by atoms with Crippen LogP contribution in [0.3, 0.4) is 0 Å². The molecule has 0 saturated heterocycles. The van der Waals surface area contributed by atoms with Gasteiger partial charge in [-0.15, -0.1) is 0 Å². The fraction of sp³-hybridized carbons (Fsp3) is 0.176. The molecule has 25 heavy (non-hydrogen) atoms. The second-order valence-corrected chi connectivity index (χ2v) is 5.18. The minimum atomic E-state index is -0.629. The van der Waals surface area contributed by atoms with Gasteiger partial charge in [-0.3, -0.25) is 4.98 Å². The number of ether oxygens (including phenoxy) is 1. The van der Waals surface area contributed by atoms with E-state index in [9.17, 15) is 4.79 Å². The molecule has 128 valence electrons. The van der Waals surface area contributed by atoms with E-state index in [2.05, 4.69) is 25.8 Å². The van der Waals surface area contributed by atoms with E-state index >= 15 is 0 Å². The molecule has 8 nitrogen and oxygen atoms in total. The lowest BCUT2D eigenvalue weighted by Gasteiger charge is -2.18. The van der Waals surface area contributed by atoms with Crippen molar-refractivity contribution in [3.63, 3.8) is 0 Å². The molecule has 0 spiro atoms. The number of para-hydroxylation sites is 1. The number of urea groups is 1. The van der Waals surface area contributed by atoms with E-state index in [0.717, 1.165) is 5.56 Å². The Labute approximate surface area is 144 Å². The Hall–Kier alpha value is -3.42. The molecule has 0 radical (unpaired) electrons. The molecule has 0 aliphatic heterocycles. The van der Waals surface area contributed by atoms with Crippen molar-refractivity contribution in [2.45, 2.75) is 13.0 Å². The number of aryl methyl sites for hydroxylation is 1. The number of pyridine rings is 1. The Balaban J connectivity index is 1.88. The summed E-state index contributed by atoms with van der Waals surface area (Å²) in [7, 11) is 1.56. The van der Waals surface area contributed by atoms with Crippen LogP contribution in [-0.4, -0.2) is 28.3 Å². The quantitative estimate of drug-likeness (QED) is 0.741. The fourth-order valence-electron chi connectivity index (χ4n) is 2.35. The van der Waals surface area contributed by atoms with Crippen molar-refractivity contribution >= 4 is 11.7 Å². The average molecular weight is 339 g/mol. The number of amides is 2. The number of carbonyl (C=O) groups is 1. The third-order valence-electron chi connectivity index (χ3n) is 3.47. The van der Waals surface area contributed by atoms with Crippen molar-refractivity contribution in [3.8, 4) is 5.75 Å². The van der Waals surface area contributed by atoms with Gasteiger partial charge in [0.1, 0.15) is 11.8 Å². The predicted octanol–water partition coefficient (Wildman–Crippen LogP) is 2.69. The van der Waals surface area contributed by atoms with E-state index in [1.54, 1.807) is 44.6 Å². The first kappa shape index (κ1) is 16.4. The molecule has 2 N–H and O–H groups in total. The molecule has 2 amide bonds. The van der Waals surface area contributed by atoms with Crippen LogP contribution in [0.5, 0.6) is 5.75 Å². The number of nitrogens with zero attached hydrogens (tertiary/aromatic N) is 3. The van der Waals surface area contributed by atoms with Crippen LogP contribution in [0.1, 0.15) is 23.3 Å². The molecule has 1 unspecified atom stereocenters. The summed E-state index contributed by atoms with van der Waals surface area (Å²) < 4.78 is 10.4. The van der Waals surface area contributed by atoms with Crippen LogP contribution >= 0.6 is 0 Å². The van der Waals surface area contributed by atoms with E-state index in [1.165, 1.54) is 0 Å². The van der Waals surface area contributed by atoms with Crippen LogP contribution in [0.2, 0.25) is 0 Å². The first-order chi connectivity index (χ1) is 12.2. The van der Waals surface area contributed by atoms with Crippen molar-refractivity contribution in [2.24, 2.45) is 0 Å². The number of methoxy groups -OCH3 is 1. The topological polar surface area (TPSA) is 102 Å². The van der Waals surface area contributed by atoms with Gasteiger partial charge >= 0.3 is 6.03 Å². The van der Waals surface area contributed by atoms with Gasteiger partial charge < -0.3 is 19.9 Å². The van der Waals surface area contributed by atoms with Crippen molar-refractivity contribution in [3.05, 3.63) is 66.1 Å². The molecule has 0 saturated carbocycles. The Kier molecular flexibility index (Phi) is 4.89. The highest BCUT2D eigenvalue weighted by Crippen LogP contribution is 2.28. The van der Waals surface area contributed by atoms with E-state index < -0.39 is 12.1 Å². The van der Waals surface area contributed by atoms with Crippen molar-refractivity contribution in [2.75, 3.05) is 12.4 Å². The molecule has 0 fully saturated rings. The molecule has 2 heterocycles. The van der Waals surface area contributed by atoms with Crippen LogP contribution < -0.4 is 15.4 Å². The number of benzene rings is 1. The Morgan fingerprint density at radius 2 is 1.96 bits per heavy atom. The largest absolute Gasteiger partial charge is 0.496 e. The van der Waals surface area contributed by atoms with Gasteiger partial charge in [0.05, 0.1) is 7.11 Å². The normalized spacial score (nSPS) is 11.6. The van der Waals surface area contributed by atoms with Gasteiger partial charge in [0.2, 0.25) is 5.89 Å². The first-order valence-electron chi connectivity index (χ1n) is 7.58. The number of nitrogens with one attached hydrogen (secondary N) is 2. The maximum atomic E-state index is 12.4. The third-order valence-corrected chi connectivity index (χ3v) is 3.47. The lowest BCUT2D eigenvalue weighted by Crippen LogP contribution is -2.34. The summed E-state index contributed by atoms with van der Waals surface area (Å²) in [5, 5.41) is 9.52. The minimum Gasteiger partial charge on any atom is -0.496 e. The standard InChI is InChI=1S/C17H17N5O3/c1-11-19-16(22-25-11)15(13-5-3-4-6-14(13)24-2)21-17(23)20-12-7-9-18-10-8-12/h3-10,15H,1-2H3,(H2,18,20,21,23). The molecular formula is C17H17N5O3. The highest BCUT2D eigenvalue weighted by atomic mass is 16.5. The molecule has 2 aromatic heterocycles. The van der Waals surface area contributed by atoms with Crippen LogP contribution in [0.15, 0.2) is 53.3 Å². The number of anilines is 1. The van der Waals surface area contributed by atoms with Gasteiger partial charge in [-0.2, -0.15) is 4.98 Å². The number of rotatable bonds is 5. The maximum absolute atomic E-state index is 12.4. The second kappa shape index (κ2) is 7.43. The molecular weight excluding hydrogens is 322 g/mol. The maximum Gasteiger partial charge on any atom is 0.320 e. The van der Waals surface area contributed by atoms with Gasteiger partial charge in [0.25, 0.3) is 0 Å². The summed E-state index contributed by atoms with van der Waals surface area (Å²) in [6.45, 7) is 1.69. The van der Waals surface area contributed by atoms with E-state index in [-0.39, 0.29) is 0 Å². The Bertz CT molecular complexity index is 850. The monoisotopic (exact) mass is 339 g/mol. The van der Waals surface area contributed by atoms with Crippen molar-refractivity contribution < 1.29 is 14.1 Å². The van der Waals surface area contributed by atoms with Crippen LogP contribution in [0.4, 0.5) is 10.5 Å². The zero-order chi connectivity index (χ0) is 17.6. The lowest BCUT2D eigenvalue weighted by atomic mass is 10.1. The van der Waals surface area contributed by atoms with Crippen LogP contribution in [0, 0.1) is 6.92 Å². The molecule has 3 rings (SSSR count). The van der Waals surface area contributed by atoms with Crippen molar-refractivity contribution in [1.82, 2.24) is 20.4 Å². The molecule has 3 aromatic rings. The summed E-state index contributed by atoms with van der Waals surface area (Å²) >= 11 is 0. The fourth-order valence-corrected chi connectivity index (χ4v) is 2.35. The number of aromatic nitrogens is 3. The molecule has 0 aliphatic carbocycles. The van der Waals surface area contributed by atoms with E-state index in [0.29, 0.717) is 23.2 Å². The molecule has 0 aliphatic rings. The summed E-state index contributed by atoms with van der Waals surface area (Å²) in [5.74, 6) is 1.36. The third kappa shape index (κ3) is 3.92. The van der Waals surface area contributed by atoms with Gasteiger partial charge in [0.15, 0.2) is 5.82 Å². The second-order valence-electron chi connectivity index (χ2n) is 5.18. The molecule has 0 bridgehead atoms. The zero-order valence-electron chi connectivity index (χ0n) is 13.8. The first-order valence-corrected chi connectivity index (χ1v) is 7.58. The highest BCUT2D eigenvalue weighted by molar-refractivity contribution is 5.89. The number of hydrogen-bond acceptors (Lipinski definition) is 6. The highest BCUT2D eigenvalue weighted by Gasteiger charge is 2.25. The van der Waals surface area contributed by atoms with Gasteiger partial charge in [0, 0.05) is 30.6 Å². The number of carbonyl (C=O) groups excluding carboxylic acids is 1. The molecule has 8 heteroatoms. The van der Waals surface area contributed by atoms with Crippen molar-refractivity contribution in [1.29, 1.82) is 0 Å².